The number of nitrogens with one attached hydrogen (secondary N) is 1. The summed E-state index contributed by atoms with van der Waals surface area (Å²) >= 11 is 0. The molecule has 0 saturated heterocycles. The Bertz CT molecular complexity index is 689. The number of hydrogen-bond donors (Lipinski definition) is 2. The van der Waals surface area contributed by atoms with Crippen LogP contribution in [0.25, 0.3) is 11.0 Å². The highest BCUT2D eigenvalue weighted by Crippen LogP contribution is 2.31. The van der Waals surface area contributed by atoms with Crippen LogP contribution in [-0.2, 0) is 11.3 Å². The summed E-state index contributed by atoms with van der Waals surface area (Å²) in [6.07, 6.45) is 2.41. The van der Waals surface area contributed by atoms with Gasteiger partial charge in [-0.05, 0) is 38.7 Å². The van der Waals surface area contributed by atoms with E-state index in [1.165, 1.54) is 0 Å². The van der Waals surface area contributed by atoms with Crippen LogP contribution in [0.2, 0.25) is 0 Å². The molecule has 5 nitrogen and oxygen atoms in total. The number of nitrogens with two attached hydrogens (primary N) is 1. The smallest absolute Gasteiger partial charge is 0.287 e. The van der Waals surface area contributed by atoms with E-state index in [1.807, 2.05) is 38.1 Å². The van der Waals surface area contributed by atoms with E-state index >= 15 is 0 Å². The molecule has 3 N–H and O–H groups in total. The van der Waals surface area contributed by atoms with Gasteiger partial charge in [0, 0.05) is 23.5 Å². The molecule has 1 saturated carbocycles. The van der Waals surface area contributed by atoms with Crippen molar-refractivity contribution in [1.82, 2.24) is 5.32 Å². The summed E-state index contributed by atoms with van der Waals surface area (Å²) in [4.78, 5) is 12.5. The van der Waals surface area contributed by atoms with Gasteiger partial charge in [0.05, 0.1) is 12.7 Å². The Hall–Kier alpha value is -1.85. The van der Waals surface area contributed by atoms with Crippen LogP contribution in [-0.4, -0.2) is 24.6 Å². The van der Waals surface area contributed by atoms with Crippen LogP contribution in [0.1, 0.15) is 42.8 Å². The van der Waals surface area contributed by atoms with Gasteiger partial charge in [-0.1, -0.05) is 18.2 Å². The van der Waals surface area contributed by atoms with Crippen LogP contribution in [0, 0.1) is 5.92 Å². The van der Waals surface area contributed by atoms with Crippen LogP contribution in [0.15, 0.2) is 28.7 Å². The molecular weight excluding hydrogens is 292 g/mol. The molecule has 1 atom stereocenters. The predicted molar refractivity (Wildman–Crippen MR) is 89.2 cm³/mol. The molecule has 1 aromatic carbocycles. The lowest BCUT2D eigenvalue weighted by Crippen LogP contribution is -2.38. The summed E-state index contributed by atoms with van der Waals surface area (Å²) in [6.45, 7) is 4.77. The minimum atomic E-state index is -0.223. The first-order valence-corrected chi connectivity index (χ1v) is 8.22. The summed E-state index contributed by atoms with van der Waals surface area (Å²) in [5.74, 6) is 0.657. The maximum absolute atomic E-state index is 12.5. The third kappa shape index (κ3) is 3.74. The molecule has 1 amide bonds. The first kappa shape index (κ1) is 16.0. The number of hydrogen-bond acceptors (Lipinski definition) is 4. The highest BCUT2D eigenvalue weighted by Gasteiger charge is 2.29. The first-order chi connectivity index (χ1) is 11.1. The average molecular weight is 316 g/mol. The number of amides is 1. The molecule has 23 heavy (non-hydrogen) atoms. The largest absolute Gasteiger partial charge is 0.451 e. The van der Waals surface area contributed by atoms with Crippen molar-refractivity contribution in [2.45, 2.75) is 45.4 Å². The van der Waals surface area contributed by atoms with Gasteiger partial charge >= 0.3 is 0 Å². The van der Waals surface area contributed by atoms with E-state index in [0.29, 0.717) is 30.4 Å². The fourth-order valence-electron chi connectivity index (χ4n) is 2.66. The van der Waals surface area contributed by atoms with Gasteiger partial charge in [-0.15, -0.1) is 0 Å². The van der Waals surface area contributed by atoms with Crippen LogP contribution in [0.4, 0.5) is 0 Å². The Morgan fingerprint density at radius 2 is 2.13 bits per heavy atom. The molecule has 1 unspecified atom stereocenters. The summed E-state index contributed by atoms with van der Waals surface area (Å²) in [5, 5.41) is 3.82. The SMILES string of the molecule is CC(C)OCc1c(C(=O)NCC(N)C2CC2)oc2ccccc12. The molecule has 5 heteroatoms. The van der Waals surface area contributed by atoms with Gasteiger partial charge in [0.25, 0.3) is 5.91 Å². The van der Waals surface area contributed by atoms with Gasteiger partial charge < -0.3 is 20.2 Å². The van der Waals surface area contributed by atoms with Crippen molar-refractivity contribution >= 4 is 16.9 Å². The zero-order chi connectivity index (χ0) is 16.4. The van der Waals surface area contributed by atoms with Crippen LogP contribution < -0.4 is 11.1 Å². The number of carbonyl (C=O) groups is 1. The molecule has 3 rings (SSSR count). The van der Waals surface area contributed by atoms with Crippen molar-refractivity contribution in [3.63, 3.8) is 0 Å². The molecule has 1 aromatic heterocycles. The molecular formula is C18H24N2O3. The van der Waals surface area contributed by atoms with Gasteiger partial charge in [0.2, 0.25) is 0 Å². The second kappa shape index (κ2) is 6.72. The maximum Gasteiger partial charge on any atom is 0.287 e. The van der Waals surface area contributed by atoms with Crippen LogP contribution >= 0.6 is 0 Å². The number of para-hydroxylation sites is 1. The van der Waals surface area contributed by atoms with E-state index < -0.39 is 0 Å². The van der Waals surface area contributed by atoms with E-state index in [-0.39, 0.29) is 18.1 Å². The maximum atomic E-state index is 12.5. The molecule has 1 fully saturated rings. The predicted octanol–water partition coefficient (Wildman–Crippen LogP) is 2.82. The van der Waals surface area contributed by atoms with Gasteiger partial charge in [-0.3, -0.25) is 4.79 Å². The quantitative estimate of drug-likeness (QED) is 0.823. The number of ether oxygens (including phenoxy) is 1. The number of rotatable bonds is 7. The molecule has 0 spiro atoms. The second-order valence-electron chi connectivity index (χ2n) is 6.48. The van der Waals surface area contributed by atoms with Crippen molar-refractivity contribution in [3.8, 4) is 0 Å². The normalized spacial score (nSPS) is 16.0. The molecule has 1 aliphatic rings. The molecule has 0 radical (unpaired) electrons. The summed E-state index contributed by atoms with van der Waals surface area (Å²) in [6, 6.07) is 7.66. The minimum Gasteiger partial charge on any atom is -0.451 e. The Balaban J connectivity index is 1.79. The number of carbonyl (C=O) groups excluding carboxylic acids is 1. The Morgan fingerprint density at radius 1 is 1.39 bits per heavy atom. The second-order valence-corrected chi connectivity index (χ2v) is 6.48. The molecule has 1 heterocycles. The zero-order valence-electron chi connectivity index (χ0n) is 13.7. The lowest BCUT2D eigenvalue weighted by Gasteiger charge is -2.12. The van der Waals surface area contributed by atoms with Crippen molar-refractivity contribution in [2.24, 2.45) is 11.7 Å². The van der Waals surface area contributed by atoms with Gasteiger partial charge in [0.1, 0.15) is 5.58 Å². The summed E-state index contributed by atoms with van der Waals surface area (Å²) < 4.78 is 11.5. The molecule has 1 aliphatic carbocycles. The highest BCUT2D eigenvalue weighted by atomic mass is 16.5. The van der Waals surface area contributed by atoms with Gasteiger partial charge in [-0.25, -0.2) is 0 Å². The number of fused-ring (bicyclic) bond motifs is 1. The fourth-order valence-corrected chi connectivity index (χ4v) is 2.66. The van der Waals surface area contributed by atoms with E-state index in [9.17, 15) is 4.79 Å². The minimum absolute atomic E-state index is 0.0266. The lowest BCUT2D eigenvalue weighted by atomic mass is 10.1. The molecule has 0 bridgehead atoms. The summed E-state index contributed by atoms with van der Waals surface area (Å²) in [7, 11) is 0. The number of benzene rings is 1. The standard InChI is InChI=1S/C18H24N2O3/c1-11(2)22-10-14-13-5-3-4-6-16(13)23-17(14)18(21)20-9-15(19)12-7-8-12/h3-6,11-12,15H,7-10,19H2,1-2H3,(H,20,21). The molecule has 2 aromatic rings. The van der Waals surface area contributed by atoms with Crippen molar-refractivity contribution < 1.29 is 13.9 Å². The van der Waals surface area contributed by atoms with E-state index in [4.69, 9.17) is 14.9 Å². The Morgan fingerprint density at radius 3 is 2.83 bits per heavy atom. The first-order valence-electron chi connectivity index (χ1n) is 8.22. The van der Waals surface area contributed by atoms with Crippen molar-refractivity contribution in [3.05, 3.63) is 35.6 Å². The number of furan rings is 1. The van der Waals surface area contributed by atoms with Crippen LogP contribution in [0.3, 0.4) is 0 Å². The van der Waals surface area contributed by atoms with Gasteiger partial charge in [-0.2, -0.15) is 0 Å². The highest BCUT2D eigenvalue weighted by molar-refractivity contribution is 5.99. The van der Waals surface area contributed by atoms with Crippen molar-refractivity contribution in [1.29, 1.82) is 0 Å². The van der Waals surface area contributed by atoms with Crippen LogP contribution in [0.5, 0.6) is 0 Å². The van der Waals surface area contributed by atoms with E-state index in [1.54, 1.807) is 0 Å². The van der Waals surface area contributed by atoms with Crippen molar-refractivity contribution in [2.75, 3.05) is 6.54 Å². The average Bonchev–Trinajstić information content (AvgIpc) is 3.31. The lowest BCUT2D eigenvalue weighted by molar-refractivity contribution is 0.0643. The third-order valence-electron chi connectivity index (χ3n) is 4.19. The third-order valence-corrected chi connectivity index (χ3v) is 4.19. The monoisotopic (exact) mass is 316 g/mol. The Labute approximate surface area is 136 Å². The Kier molecular flexibility index (Phi) is 4.68. The topological polar surface area (TPSA) is 77.5 Å². The fraction of sp³-hybridized carbons (Fsp3) is 0.500. The van der Waals surface area contributed by atoms with Gasteiger partial charge in [0.15, 0.2) is 5.76 Å². The van der Waals surface area contributed by atoms with E-state index in [2.05, 4.69) is 5.32 Å². The molecule has 124 valence electrons. The summed E-state index contributed by atoms with van der Waals surface area (Å²) in [5.41, 5.74) is 7.55. The molecule has 0 aliphatic heterocycles. The zero-order valence-corrected chi connectivity index (χ0v) is 13.7. The van der Waals surface area contributed by atoms with E-state index in [0.717, 1.165) is 23.8 Å².